The number of amides is 1. The van der Waals surface area contributed by atoms with Crippen molar-refractivity contribution in [2.45, 2.75) is 19.6 Å². The molecular formula is C36H27BrN4O4S. The summed E-state index contributed by atoms with van der Waals surface area (Å²) in [6.07, 6.45) is 1.80. The molecule has 0 radical (unpaired) electrons. The number of carbonyl (C=O) groups excluding carboxylic acids is 1. The Morgan fingerprint density at radius 3 is 2.61 bits per heavy atom. The number of aromatic nitrogens is 1. The summed E-state index contributed by atoms with van der Waals surface area (Å²) < 4.78 is 14.2. The summed E-state index contributed by atoms with van der Waals surface area (Å²) in [6.45, 7) is 2.03. The Morgan fingerprint density at radius 1 is 1.07 bits per heavy atom. The van der Waals surface area contributed by atoms with Crippen LogP contribution in [0.4, 0.5) is 5.69 Å². The summed E-state index contributed by atoms with van der Waals surface area (Å²) in [5, 5.41) is 12.3. The van der Waals surface area contributed by atoms with Crippen molar-refractivity contribution < 1.29 is 14.3 Å². The summed E-state index contributed by atoms with van der Waals surface area (Å²) in [4.78, 5) is 33.1. The van der Waals surface area contributed by atoms with E-state index in [0.29, 0.717) is 47.8 Å². The van der Waals surface area contributed by atoms with Crippen molar-refractivity contribution in [3.8, 4) is 17.6 Å². The number of halogens is 1. The van der Waals surface area contributed by atoms with Gasteiger partial charge in [0.15, 0.2) is 4.80 Å². The Kier molecular flexibility index (Phi) is 8.97. The minimum Gasteiger partial charge on any atom is -0.497 e. The predicted octanol–water partition coefficient (Wildman–Crippen LogP) is 6.10. The van der Waals surface area contributed by atoms with Gasteiger partial charge in [-0.3, -0.25) is 14.2 Å². The maximum Gasteiger partial charge on any atom is 0.271 e. The van der Waals surface area contributed by atoms with E-state index in [9.17, 15) is 14.9 Å². The number of allylic oxidation sites excluding steroid dienone is 1. The number of nitrogens with zero attached hydrogens (tertiary/aromatic N) is 3. The zero-order valence-electron chi connectivity index (χ0n) is 24.9. The molecule has 10 heteroatoms. The minimum atomic E-state index is -0.726. The molecule has 8 nitrogen and oxygen atoms in total. The van der Waals surface area contributed by atoms with Crippen LogP contribution in [-0.2, 0) is 11.4 Å². The third-order valence-electron chi connectivity index (χ3n) is 7.48. The van der Waals surface area contributed by atoms with Crippen LogP contribution in [0, 0.1) is 11.3 Å². The quantitative estimate of drug-likeness (QED) is 0.212. The van der Waals surface area contributed by atoms with Gasteiger partial charge in [-0.05, 0) is 82.5 Å². The van der Waals surface area contributed by atoms with Gasteiger partial charge in [-0.25, -0.2) is 4.99 Å². The number of ether oxygens (including phenoxy) is 2. The second-order valence-electron chi connectivity index (χ2n) is 10.4. The number of carbonyl (C=O) groups is 1. The van der Waals surface area contributed by atoms with Crippen molar-refractivity contribution in [3.05, 3.63) is 155 Å². The van der Waals surface area contributed by atoms with E-state index in [1.807, 2.05) is 91.0 Å². The highest BCUT2D eigenvalue weighted by Gasteiger charge is 2.32. The fraction of sp³-hybridized carbons (Fsp3) is 0.111. The molecule has 0 saturated carbocycles. The highest BCUT2D eigenvalue weighted by Crippen LogP contribution is 2.33. The maximum atomic E-state index is 14.1. The van der Waals surface area contributed by atoms with Gasteiger partial charge in [-0.15, -0.1) is 0 Å². The van der Waals surface area contributed by atoms with Crippen LogP contribution in [0.5, 0.6) is 11.5 Å². The summed E-state index contributed by atoms with van der Waals surface area (Å²) in [5.41, 5.74) is 4.13. The second kappa shape index (κ2) is 13.4. The van der Waals surface area contributed by atoms with E-state index in [2.05, 4.69) is 27.3 Å². The van der Waals surface area contributed by atoms with Crippen molar-refractivity contribution in [1.29, 1.82) is 5.26 Å². The Morgan fingerprint density at radius 2 is 1.85 bits per heavy atom. The molecule has 0 aliphatic carbocycles. The molecule has 0 bridgehead atoms. The first-order valence-corrected chi connectivity index (χ1v) is 15.9. The fourth-order valence-corrected chi connectivity index (χ4v) is 6.80. The normalized spacial score (nSPS) is 14.2. The Hall–Kier alpha value is -5.24. The monoisotopic (exact) mass is 690 g/mol. The zero-order valence-corrected chi connectivity index (χ0v) is 27.3. The maximum absolute atomic E-state index is 14.1. The highest BCUT2D eigenvalue weighted by molar-refractivity contribution is 9.10. The van der Waals surface area contributed by atoms with Crippen molar-refractivity contribution in [3.63, 3.8) is 0 Å². The van der Waals surface area contributed by atoms with Crippen LogP contribution in [0.25, 0.3) is 6.08 Å². The van der Waals surface area contributed by atoms with Crippen molar-refractivity contribution in [2.75, 3.05) is 12.4 Å². The first-order chi connectivity index (χ1) is 22.4. The van der Waals surface area contributed by atoms with Crippen LogP contribution < -0.4 is 29.7 Å². The number of nitriles is 1. The number of thiazole rings is 1. The molecule has 0 unspecified atom stereocenters. The van der Waals surface area contributed by atoms with Crippen LogP contribution in [0.3, 0.4) is 0 Å². The lowest BCUT2D eigenvalue weighted by Gasteiger charge is -2.25. The Balaban J connectivity index is 1.37. The molecule has 228 valence electrons. The van der Waals surface area contributed by atoms with Gasteiger partial charge in [-0.1, -0.05) is 65.9 Å². The van der Waals surface area contributed by atoms with Gasteiger partial charge in [0.2, 0.25) is 0 Å². The van der Waals surface area contributed by atoms with Crippen molar-refractivity contribution in [1.82, 2.24) is 4.57 Å². The lowest BCUT2D eigenvalue weighted by Crippen LogP contribution is -2.40. The van der Waals surface area contributed by atoms with Crippen LogP contribution >= 0.6 is 27.3 Å². The number of hydrogen-bond donors (Lipinski definition) is 1. The van der Waals surface area contributed by atoms with E-state index >= 15 is 0 Å². The van der Waals surface area contributed by atoms with Crippen molar-refractivity contribution >= 4 is 44.9 Å². The SMILES string of the molecule is COc1cccc([C@H]2C(C(=O)Nc3ccccc3)=C(C)N=c3s/c(=C\c4ccc(OCc5ccccc5C#N)c(Br)c4)c(=O)n32)c1. The van der Waals surface area contributed by atoms with Gasteiger partial charge in [0.1, 0.15) is 18.1 Å². The van der Waals surface area contributed by atoms with Gasteiger partial charge in [-0.2, -0.15) is 5.26 Å². The van der Waals surface area contributed by atoms with E-state index in [-0.39, 0.29) is 18.1 Å². The van der Waals surface area contributed by atoms with Gasteiger partial charge < -0.3 is 14.8 Å². The van der Waals surface area contributed by atoms with Gasteiger partial charge in [0, 0.05) is 11.3 Å². The van der Waals surface area contributed by atoms with E-state index in [0.717, 1.165) is 16.7 Å². The highest BCUT2D eigenvalue weighted by atomic mass is 79.9. The van der Waals surface area contributed by atoms with E-state index < -0.39 is 6.04 Å². The molecular weight excluding hydrogens is 664 g/mol. The minimum absolute atomic E-state index is 0.240. The largest absolute Gasteiger partial charge is 0.497 e. The number of methoxy groups -OCH3 is 1. The number of para-hydroxylation sites is 1. The smallest absolute Gasteiger partial charge is 0.271 e. The Bertz CT molecular complexity index is 2220. The third-order valence-corrected chi connectivity index (χ3v) is 9.08. The van der Waals surface area contributed by atoms with Gasteiger partial charge >= 0.3 is 0 Å². The average molecular weight is 692 g/mol. The summed E-state index contributed by atoms with van der Waals surface area (Å²) in [6, 6.07) is 30.9. The number of nitrogens with one attached hydrogen (secondary N) is 1. The van der Waals surface area contributed by atoms with Gasteiger partial charge in [0.25, 0.3) is 11.5 Å². The van der Waals surface area contributed by atoms with Crippen LogP contribution in [-0.4, -0.2) is 17.6 Å². The zero-order chi connectivity index (χ0) is 32.2. The predicted molar refractivity (Wildman–Crippen MR) is 181 cm³/mol. The standard InChI is InChI=1S/C36H27BrN4O4S/c1-22-32(34(42)40-27-12-4-3-5-13-27)33(24-11-8-14-28(19-24)44-2)41-35(43)31(46-36(41)39-22)18-23-15-16-30(29(37)17-23)45-21-26-10-7-6-9-25(26)20-38/h3-19,33H,21H2,1-2H3,(H,40,42)/b31-18-/t33-/m0/s1. The molecule has 5 aromatic rings. The van der Waals surface area contributed by atoms with E-state index in [1.54, 1.807) is 30.7 Å². The van der Waals surface area contributed by atoms with Crippen LogP contribution in [0.2, 0.25) is 0 Å². The first-order valence-electron chi connectivity index (χ1n) is 14.3. The van der Waals surface area contributed by atoms with E-state index in [1.165, 1.54) is 11.3 Å². The fourth-order valence-electron chi connectivity index (χ4n) is 5.24. The van der Waals surface area contributed by atoms with Gasteiger partial charge in [0.05, 0.1) is 45.1 Å². The molecule has 1 atom stereocenters. The summed E-state index contributed by atoms with van der Waals surface area (Å²) >= 11 is 4.85. The number of benzene rings is 4. The molecule has 1 aliphatic heterocycles. The van der Waals surface area contributed by atoms with E-state index in [4.69, 9.17) is 14.5 Å². The third kappa shape index (κ3) is 6.29. The summed E-state index contributed by atoms with van der Waals surface area (Å²) in [7, 11) is 1.58. The Labute approximate surface area is 277 Å². The number of fused-ring (bicyclic) bond motifs is 1. The molecule has 4 aromatic carbocycles. The molecule has 1 aliphatic rings. The average Bonchev–Trinajstić information content (AvgIpc) is 3.37. The molecule has 1 aromatic heterocycles. The number of hydrogen-bond acceptors (Lipinski definition) is 7. The molecule has 0 saturated heterocycles. The molecule has 1 amide bonds. The molecule has 6 rings (SSSR count). The van der Waals surface area contributed by atoms with Crippen LogP contribution in [0.1, 0.15) is 35.2 Å². The molecule has 1 N–H and O–H groups in total. The van der Waals surface area contributed by atoms with Crippen molar-refractivity contribution in [2.24, 2.45) is 4.99 Å². The second-order valence-corrected chi connectivity index (χ2v) is 12.3. The first kappa shape index (κ1) is 30.8. The molecule has 46 heavy (non-hydrogen) atoms. The molecule has 0 fully saturated rings. The topological polar surface area (TPSA) is 106 Å². The summed E-state index contributed by atoms with van der Waals surface area (Å²) in [5.74, 6) is 0.876. The number of rotatable bonds is 8. The molecule has 2 heterocycles. The number of anilines is 1. The van der Waals surface area contributed by atoms with Crippen LogP contribution in [0.15, 0.2) is 123 Å². The molecule has 0 spiro atoms. The lowest BCUT2D eigenvalue weighted by molar-refractivity contribution is -0.113. The lowest BCUT2D eigenvalue weighted by atomic mass is 9.95.